The molecule has 1 rings (SSSR count). The van der Waals surface area contributed by atoms with E-state index in [1.807, 2.05) is 0 Å². The summed E-state index contributed by atoms with van der Waals surface area (Å²) in [6.45, 7) is 9.95. The summed E-state index contributed by atoms with van der Waals surface area (Å²) >= 11 is -1.68. The summed E-state index contributed by atoms with van der Waals surface area (Å²) in [6, 6.07) is 5.10. The van der Waals surface area contributed by atoms with E-state index in [2.05, 4.69) is 4.72 Å². The van der Waals surface area contributed by atoms with Crippen molar-refractivity contribution in [2.75, 3.05) is 6.61 Å². The van der Waals surface area contributed by atoms with Crippen LogP contribution in [0.5, 0.6) is 0 Å². The van der Waals surface area contributed by atoms with Gasteiger partial charge >= 0.3 is 0 Å². The molecule has 3 atom stereocenters. The highest BCUT2D eigenvalue weighted by Crippen LogP contribution is 2.42. The van der Waals surface area contributed by atoms with Crippen LogP contribution in [0.1, 0.15) is 60.5 Å². The SMILES string of the molecule is CC(C)(C)S(=O)O.CC[C@@](NS(=O)C(C)(C)C)(c1ccccc1F)C(F)(F)CO. The standard InChI is InChI=1S/C15H22F3NO2S.C4H10O2S/c1-5-14(15(17,18)10-20,19-22(21)13(2,3)4)11-8-6-7-9-12(11)16;1-4(2,3)7(5)6/h6-9,19-20H,5,10H2,1-4H3;1-3H3,(H,5,6)/t14-,22?;/m1./s1. The zero-order chi connectivity index (χ0) is 23.3. The number of rotatable bonds is 6. The molecule has 1 aromatic rings. The van der Waals surface area contributed by atoms with Gasteiger partial charge in [0, 0.05) is 5.56 Å². The van der Waals surface area contributed by atoms with Crippen LogP contribution in [0.2, 0.25) is 0 Å². The first-order valence-corrected chi connectivity index (χ1v) is 11.3. The van der Waals surface area contributed by atoms with E-state index in [1.165, 1.54) is 25.1 Å². The van der Waals surface area contributed by atoms with Gasteiger partial charge in [-0.05, 0) is 54.0 Å². The lowest BCUT2D eigenvalue weighted by molar-refractivity contribution is -0.122. The predicted molar refractivity (Wildman–Crippen MR) is 112 cm³/mol. The minimum absolute atomic E-state index is 0.247. The van der Waals surface area contributed by atoms with Gasteiger partial charge in [0.15, 0.2) is 11.1 Å². The van der Waals surface area contributed by atoms with Crippen LogP contribution in [-0.4, -0.2) is 40.1 Å². The van der Waals surface area contributed by atoms with Crippen molar-refractivity contribution in [2.45, 2.75) is 75.8 Å². The Morgan fingerprint density at radius 2 is 1.45 bits per heavy atom. The molecule has 2 unspecified atom stereocenters. The molecule has 0 heterocycles. The van der Waals surface area contributed by atoms with Gasteiger partial charge in [0.1, 0.15) is 18.0 Å². The van der Waals surface area contributed by atoms with Gasteiger partial charge in [0.05, 0.1) is 20.5 Å². The Labute approximate surface area is 176 Å². The van der Waals surface area contributed by atoms with E-state index in [4.69, 9.17) is 9.66 Å². The molecule has 0 aliphatic heterocycles. The van der Waals surface area contributed by atoms with Crippen molar-refractivity contribution in [3.05, 3.63) is 35.6 Å². The first-order valence-electron chi connectivity index (χ1n) is 9.00. The normalized spacial score (nSPS) is 17.0. The lowest BCUT2D eigenvalue weighted by Gasteiger charge is -2.41. The number of aliphatic hydroxyl groups excluding tert-OH is 1. The second-order valence-electron chi connectivity index (χ2n) is 8.45. The van der Waals surface area contributed by atoms with Gasteiger partial charge in [0.2, 0.25) is 0 Å². The lowest BCUT2D eigenvalue weighted by Crippen LogP contribution is -2.60. The van der Waals surface area contributed by atoms with Gasteiger partial charge in [0.25, 0.3) is 5.92 Å². The van der Waals surface area contributed by atoms with Crippen LogP contribution >= 0.6 is 0 Å². The molecule has 3 N–H and O–H groups in total. The van der Waals surface area contributed by atoms with Gasteiger partial charge in [-0.15, -0.1) is 0 Å². The molecule has 5 nitrogen and oxygen atoms in total. The number of hydrogen-bond acceptors (Lipinski definition) is 3. The first kappa shape index (κ1) is 28.2. The summed E-state index contributed by atoms with van der Waals surface area (Å²) in [5, 5.41) is 9.12. The quantitative estimate of drug-likeness (QED) is 0.559. The Bertz CT molecular complexity index is 718. The Kier molecular flexibility index (Phi) is 10.2. The summed E-state index contributed by atoms with van der Waals surface area (Å²) in [5.74, 6) is -4.53. The molecule has 0 aromatic heterocycles. The molecule has 29 heavy (non-hydrogen) atoms. The molecule has 1 aromatic carbocycles. The van der Waals surface area contributed by atoms with E-state index < -0.39 is 55.4 Å². The van der Waals surface area contributed by atoms with E-state index in [9.17, 15) is 21.6 Å². The summed E-state index contributed by atoms with van der Waals surface area (Å²) in [4.78, 5) is 0. The summed E-state index contributed by atoms with van der Waals surface area (Å²) in [7, 11) is -1.87. The first-order chi connectivity index (χ1) is 13.0. The molecule has 170 valence electrons. The minimum atomic E-state index is -3.69. The Morgan fingerprint density at radius 1 is 1.00 bits per heavy atom. The van der Waals surface area contributed by atoms with Gasteiger partial charge in [-0.25, -0.2) is 26.3 Å². The topological polar surface area (TPSA) is 86.6 Å². The maximum absolute atomic E-state index is 14.5. The van der Waals surface area contributed by atoms with Crippen LogP contribution in [0.3, 0.4) is 0 Å². The molecule has 0 fully saturated rings. The van der Waals surface area contributed by atoms with E-state index in [0.717, 1.165) is 6.07 Å². The van der Waals surface area contributed by atoms with Crippen LogP contribution in [0.25, 0.3) is 0 Å². The molecular formula is C19H32F3NO4S2. The number of hydrogen-bond donors (Lipinski definition) is 3. The van der Waals surface area contributed by atoms with Crippen molar-refractivity contribution in [3.8, 4) is 0 Å². The number of nitrogens with one attached hydrogen (secondary N) is 1. The highest BCUT2D eigenvalue weighted by Gasteiger charge is 2.56. The Hall–Kier alpha value is -0.810. The third-order valence-electron chi connectivity index (χ3n) is 4.03. The van der Waals surface area contributed by atoms with Crippen molar-refractivity contribution in [1.82, 2.24) is 4.72 Å². The van der Waals surface area contributed by atoms with Gasteiger partial charge in [-0.3, -0.25) is 0 Å². The molecule has 0 saturated heterocycles. The van der Waals surface area contributed by atoms with E-state index >= 15 is 0 Å². The minimum Gasteiger partial charge on any atom is -0.390 e. The second kappa shape index (κ2) is 10.5. The van der Waals surface area contributed by atoms with E-state index in [1.54, 1.807) is 41.5 Å². The zero-order valence-corrected chi connectivity index (χ0v) is 19.5. The fourth-order valence-electron chi connectivity index (χ4n) is 2.10. The van der Waals surface area contributed by atoms with E-state index in [0.29, 0.717) is 0 Å². The maximum atomic E-state index is 14.5. The van der Waals surface area contributed by atoms with Crippen molar-refractivity contribution in [3.63, 3.8) is 0 Å². The van der Waals surface area contributed by atoms with Crippen molar-refractivity contribution in [1.29, 1.82) is 0 Å². The van der Waals surface area contributed by atoms with E-state index in [-0.39, 0.29) is 12.0 Å². The monoisotopic (exact) mass is 459 g/mol. The molecule has 0 aliphatic rings. The smallest absolute Gasteiger partial charge is 0.293 e. The largest absolute Gasteiger partial charge is 0.390 e. The fourth-order valence-corrected chi connectivity index (χ4v) is 3.13. The molecular weight excluding hydrogens is 427 g/mol. The predicted octanol–water partition coefficient (Wildman–Crippen LogP) is 4.12. The molecule has 10 heteroatoms. The van der Waals surface area contributed by atoms with Crippen molar-refractivity contribution in [2.24, 2.45) is 0 Å². The highest BCUT2D eigenvalue weighted by atomic mass is 32.2. The lowest BCUT2D eigenvalue weighted by atomic mass is 9.82. The van der Waals surface area contributed by atoms with Crippen molar-refractivity contribution < 1.29 is 31.2 Å². The van der Waals surface area contributed by atoms with Gasteiger partial charge in [-0.2, -0.15) is 0 Å². The Morgan fingerprint density at radius 3 is 1.76 bits per heavy atom. The number of aliphatic hydroxyl groups is 1. The van der Waals surface area contributed by atoms with Crippen LogP contribution in [0, 0.1) is 5.82 Å². The van der Waals surface area contributed by atoms with Crippen LogP contribution in [-0.2, 0) is 27.6 Å². The van der Waals surface area contributed by atoms with Crippen molar-refractivity contribution >= 4 is 22.1 Å². The zero-order valence-electron chi connectivity index (χ0n) is 17.9. The average Bonchev–Trinajstić information content (AvgIpc) is 2.58. The molecule has 0 amide bonds. The van der Waals surface area contributed by atoms with Crippen LogP contribution in [0.15, 0.2) is 24.3 Å². The highest BCUT2D eigenvalue weighted by molar-refractivity contribution is 7.84. The Balaban J connectivity index is 0.000000956. The average molecular weight is 460 g/mol. The molecule has 0 radical (unpaired) electrons. The summed E-state index contributed by atoms with van der Waals surface area (Å²) < 4.78 is 75.0. The second-order valence-corrected chi connectivity index (χ2v) is 12.1. The third-order valence-corrected chi connectivity index (χ3v) is 6.73. The summed E-state index contributed by atoms with van der Waals surface area (Å²) in [5.41, 5.74) is -2.57. The molecule has 0 saturated carbocycles. The number of halogens is 3. The van der Waals surface area contributed by atoms with Gasteiger partial charge < -0.3 is 9.66 Å². The van der Waals surface area contributed by atoms with Crippen LogP contribution < -0.4 is 4.72 Å². The number of alkyl halides is 2. The maximum Gasteiger partial charge on any atom is 0.293 e. The van der Waals surface area contributed by atoms with Crippen LogP contribution in [0.4, 0.5) is 13.2 Å². The summed E-state index contributed by atoms with van der Waals surface area (Å²) in [6.07, 6.45) is -0.247. The molecule has 0 bridgehead atoms. The fraction of sp³-hybridized carbons (Fsp3) is 0.684. The molecule has 0 spiro atoms. The third kappa shape index (κ3) is 7.43. The van der Waals surface area contributed by atoms with Gasteiger partial charge in [-0.1, -0.05) is 25.1 Å². The molecule has 0 aliphatic carbocycles. The number of benzene rings is 1.